The molecule has 1 saturated heterocycles. The number of hydrogen-bond acceptors (Lipinski definition) is 4. The number of nitrogen functional groups attached to an aromatic ring is 1. The molecular weight excluding hydrogens is 281 g/mol. The van der Waals surface area contributed by atoms with E-state index in [1.165, 1.54) is 0 Å². The van der Waals surface area contributed by atoms with E-state index in [2.05, 4.69) is 12.6 Å². The Balaban J connectivity index is 2.33. The molecule has 0 spiro atoms. The third kappa shape index (κ3) is 3.15. The SMILES string of the molecule is Cc1cccc(C=C(CS)B2OC(C)(C)C(C)(C)O2)c1N. The first-order valence-electron chi connectivity index (χ1n) is 7.20. The van der Waals surface area contributed by atoms with E-state index in [1.807, 2.05) is 58.9 Å². The molecule has 0 radical (unpaired) electrons. The molecule has 0 aliphatic carbocycles. The molecule has 0 amide bonds. The fourth-order valence-electron chi connectivity index (χ4n) is 2.21. The van der Waals surface area contributed by atoms with Crippen LogP contribution in [0.25, 0.3) is 6.08 Å². The summed E-state index contributed by atoms with van der Waals surface area (Å²) in [5, 5.41) is 0. The second-order valence-corrected chi connectivity index (χ2v) is 6.86. The monoisotopic (exact) mass is 305 g/mol. The van der Waals surface area contributed by atoms with Crippen LogP contribution in [-0.4, -0.2) is 24.1 Å². The number of rotatable bonds is 3. The molecule has 21 heavy (non-hydrogen) atoms. The van der Waals surface area contributed by atoms with Crippen molar-refractivity contribution < 1.29 is 9.31 Å². The second kappa shape index (κ2) is 5.71. The van der Waals surface area contributed by atoms with Crippen LogP contribution in [-0.2, 0) is 9.31 Å². The van der Waals surface area contributed by atoms with E-state index >= 15 is 0 Å². The average Bonchev–Trinajstić information content (AvgIpc) is 2.60. The molecule has 1 heterocycles. The third-order valence-corrected chi connectivity index (χ3v) is 4.80. The van der Waals surface area contributed by atoms with Crippen molar-refractivity contribution in [1.82, 2.24) is 0 Å². The first-order valence-corrected chi connectivity index (χ1v) is 7.83. The molecule has 3 nitrogen and oxygen atoms in total. The Labute approximate surface area is 133 Å². The molecule has 0 bridgehead atoms. The Morgan fingerprint density at radius 3 is 2.33 bits per heavy atom. The van der Waals surface area contributed by atoms with E-state index in [-0.39, 0.29) is 18.3 Å². The summed E-state index contributed by atoms with van der Waals surface area (Å²) >= 11 is 4.43. The van der Waals surface area contributed by atoms with E-state index < -0.39 is 0 Å². The van der Waals surface area contributed by atoms with E-state index in [1.54, 1.807) is 0 Å². The van der Waals surface area contributed by atoms with Crippen molar-refractivity contribution in [2.24, 2.45) is 0 Å². The smallest absolute Gasteiger partial charge is 0.400 e. The Bertz CT molecular complexity index is 553. The summed E-state index contributed by atoms with van der Waals surface area (Å²) in [7, 11) is -0.382. The fourth-order valence-corrected chi connectivity index (χ4v) is 2.45. The first kappa shape index (κ1) is 16.5. The summed E-state index contributed by atoms with van der Waals surface area (Å²) < 4.78 is 12.2. The number of thiol groups is 1. The van der Waals surface area contributed by atoms with Gasteiger partial charge in [0.05, 0.1) is 11.2 Å². The molecule has 0 atom stereocenters. The van der Waals surface area contributed by atoms with Crippen molar-refractivity contribution in [1.29, 1.82) is 0 Å². The summed E-state index contributed by atoms with van der Waals surface area (Å²) in [5.41, 5.74) is 9.25. The van der Waals surface area contributed by atoms with Crippen LogP contribution in [0.15, 0.2) is 23.7 Å². The topological polar surface area (TPSA) is 44.5 Å². The number of aryl methyl sites for hydroxylation is 1. The zero-order valence-corrected chi connectivity index (χ0v) is 14.3. The van der Waals surface area contributed by atoms with Gasteiger partial charge in [-0.3, -0.25) is 0 Å². The zero-order valence-electron chi connectivity index (χ0n) is 13.4. The summed E-state index contributed by atoms with van der Waals surface area (Å²) in [5.74, 6) is 0.560. The van der Waals surface area contributed by atoms with Crippen molar-refractivity contribution in [2.45, 2.75) is 45.8 Å². The maximum absolute atomic E-state index is 6.14. The normalized spacial score (nSPS) is 20.9. The lowest BCUT2D eigenvalue weighted by molar-refractivity contribution is 0.00578. The van der Waals surface area contributed by atoms with E-state index in [9.17, 15) is 0 Å². The minimum atomic E-state index is -0.382. The van der Waals surface area contributed by atoms with Crippen LogP contribution in [0.5, 0.6) is 0 Å². The van der Waals surface area contributed by atoms with Gasteiger partial charge in [0.1, 0.15) is 0 Å². The number of benzene rings is 1. The van der Waals surface area contributed by atoms with Gasteiger partial charge in [0, 0.05) is 11.4 Å². The molecule has 1 aliphatic rings. The summed E-state index contributed by atoms with van der Waals surface area (Å²) in [4.78, 5) is 0. The fraction of sp³-hybridized carbons (Fsp3) is 0.500. The third-order valence-electron chi connectivity index (χ3n) is 4.44. The predicted molar refractivity (Wildman–Crippen MR) is 93.5 cm³/mol. The molecule has 5 heteroatoms. The van der Waals surface area contributed by atoms with Gasteiger partial charge in [0.25, 0.3) is 0 Å². The van der Waals surface area contributed by atoms with Crippen molar-refractivity contribution >= 4 is 31.5 Å². The Morgan fingerprint density at radius 1 is 1.24 bits per heavy atom. The molecule has 114 valence electrons. The number of nitrogens with two attached hydrogens (primary N) is 1. The molecule has 1 aromatic rings. The van der Waals surface area contributed by atoms with Gasteiger partial charge in [-0.05, 0) is 51.2 Å². The molecule has 2 rings (SSSR count). The number of hydrogen-bond donors (Lipinski definition) is 2. The van der Waals surface area contributed by atoms with E-state index in [0.29, 0.717) is 5.75 Å². The highest BCUT2D eigenvalue weighted by atomic mass is 32.1. The van der Waals surface area contributed by atoms with Gasteiger partial charge in [-0.15, -0.1) is 0 Å². The number of anilines is 1. The molecule has 1 aliphatic heterocycles. The van der Waals surface area contributed by atoms with Crippen LogP contribution >= 0.6 is 12.6 Å². The van der Waals surface area contributed by atoms with Crippen LogP contribution < -0.4 is 5.73 Å². The van der Waals surface area contributed by atoms with Gasteiger partial charge < -0.3 is 15.0 Å². The maximum atomic E-state index is 6.14. The molecule has 1 fully saturated rings. The predicted octanol–water partition coefficient (Wildman–Crippen LogP) is 3.52. The van der Waals surface area contributed by atoms with Crippen molar-refractivity contribution in [3.63, 3.8) is 0 Å². The van der Waals surface area contributed by atoms with Crippen LogP contribution in [0.3, 0.4) is 0 Å². The quantitative estimate of drug-likeness (QED) is 0.510. The van der Waals surface area contributed by atoms with Gasteiger partial charge >= 0.3 is 7.12 Å². The zero-order chi connectivity index (χ0) is 15.8. The van der Waals surface area contributed by atoms with Crippen LogP contribution in [0.4, 0.5) is 5.69 Å². The lowest BCUT2D eigenvalue weighted by atomic mass is 9.78. The molecule has 1 aromatic carbocycles. The maximum Gasteiger partial charge on any atom is 0.491 e. The van der Waals surface area contributed by atoms with Gasteiger partial charge in [0.2, 0.25) is 0 Å². The molecular formula is C16H24BNO2S. The standard InChI is InChI=1S/C16H24BNO2S/c1-11-7-6-8-12(14(11)18)9-13(10-21)17-19-15(2,3)16(4,5)20-17/h6-9,21H,10,18H2,1-5H3. The van der Waals surface area contributed by atoms with Gasteiger partial charge in [-0.25, -0.2) is 0 Å². The summed E-state index contributed by atoms with van der Waals surface area (Å²) in [6, 6.07) is 6.00. The molecule has 2 N–H and O–H groups in total. The van der Waals surface area contributed by atoms with Crippen LogP contribution in [0.2, 0.25) is 0 Å². The van der Waals surface area contributed by atoms with Crippen molar-refractivity contribution in [2.75, 3.05) is 11.5 Å². The summed E-state index contributed by atoms with van der Waals surface area (Å²) in [6.07, 6.45) is 2.03. The minimum absolute atomic E-state index is 0.349. The van der Waals surface area contributed by atoms with Crippen molar-refractivity contribution in [3.8, 4) is 0 Å². The molecule has 0 aromatic heterocycles. The largest absolute Gasteiger partial charge is 0.491 e. The summed E-state index contributed by atoms with van der Waals surface area (Å²) in [6.45, 7) is 10.2. The van der Waals surface area contributed by atoms with E-state index in [4.69, 9.17) is 15.0 Å². The average molecular weight is 305 g/mol. The van der Waals surface area contributed by atoms with Gasteiger partial charge in [-0.2, -0.15) is 12.6 Å². The second-order valence-electron chi connectivity index (χ2n) is 6.54. The highest BCUT2D eigenvalue weighted by molar-refractivity contribution is 7.80. The van der Waals surface area contributed by atoms with Crippen LogP contribution in [0, 0.1) is 6.92 Å². The van der Waals surface area contributed by atoms with Crippen LogP contribution in [0.1, 0.15) is 38.8 Å². The van der Waals surface area contributed by atoms with E-state index in [0.717, 1.165) is 22.3 Å². The molecule has 0 unspecified atom stereocenters. The Morgan fingerprint density at radius 2 is 1.81 bits per heavy atom. The first-order chi connectivity index (χ1) is 9.68. The Hall–Kier alpha value is -0.905. The molecule has 0 saturated carbocycles. The minimum Gasteiger partial charge on any atom is -0.400 e. The van der Waals surface area contributed by atoms with Gasteiger partial charge in [-0.1, -0.05) is 24.3 Å². The van der Waals surface area contributed by atoms with Gasteiger partial charge in [0.15, 0.2) is 0 Å². The lowest BCUT2D eigenvalue weighted by Gasteiger charge is -2.32. The van der Waals surface area contributed by atoms with Crippen molar-refractivity contribution in [3.05, 3.63) is 34.8 Å². The highest BCUT2D eigenvalue weighted by Crippen LogP contribution is 2.39. The lowest BCUT2D eigenvalue weighted by Crippen LogP contribution is -2.41. The Kier molecular flexibility index (Phi) is 4.48. The highest BCUT2D eigenvalue weighted by Gasteiger charge is 2.52. The number of para-hydroxylation sites is 1.